The lowest BCUT2D eigenvalue weighted by atomic mass is 10.2. The monoisotopic (exact) mass is 304 g/mol. The maximum atomic E-state index is 11.7. The quantitative estimate of drug-likeness (QED) is 0.647. The van der Waals surface area contributed by atoms with Crippen LogP contribution in [0.1, 0.15) is 19.3 Å². The predicted molar refractivity (Wildman–Crippen MR) is 78.9 cm³/mol. The van der Waals surface area contributed by atoms with Crippen molar-refractivity contribution in [1.29, 1.82) is 0 Å². The number of rotatable bonds is 8. The molecule has 6 heteroatoms. The van der Waals surface area contributed by atoms with E-state index in [1.54, 1.807) is 18.2 Å². The highest BCUT2D eigenvalue weighted by atomic mass is 35.5. The molecule has 0 aliphatic rings. The van der Waals surface area contributed by atoms with Gasteiger partial charge in [-0.05, 0) is 37.9 Å². The second-order valence-corrected chi connectivity index (χ2v) is 4.92. The number of aliphatic hydroxyl groups is 1. The maximum absolute atomic E-state index is 11.7. The van der Waals surface area contributed by atoms with Crippen LogP contribution < -0.4 is 10.6 Å². The summed E-state index contributed by atoms with van der Waals surface area (Å²) in [5.41, 5.74) is 0.443. The second-order valence-electron chi connectivity index (χ2n) is 4.11. The summed E-state index contributed by atoms with van der Waals surface area (Å²) in [7, 11) is 0. The van der Waals surface area contributed by atoms with Crippen molar-refractivity contribution in [3.63, 3.8) is 0 Å². The first-order valence-corrected chi connectivity index (χ1v) is 6.96. The van der Waals surface area contributed by atoms with Gasteiger partial charge in [-0.3, -0.25) is 4.79 Å². The fourth-order valence-electron chi connectivity index (χ4n) is 1.54. The van der Waals surface area contributed by atoms with Gasteiger partial charge in [0, 0.05) is 6.61 Å². The van der Waals surface area contributed by atoms with Crippen molar-refractivity contribution >= 4 is 34.8 Å². The molecule has 0 aliphatic carbocycles. The van der Waals surface area contributed by atoms with Gasteiger partial charge in [0.25, 0.3) is 0 Å². The summed E-state index contributed by atoms with van der Waals surface area (Å²) in [6, 6.07) is 5.07. The zero-order chi connectivity index (χ0) is 14.1. The van der Waals surface area contributed by atoms with E-state index in [-0.39, 0.29) is 19.1 Å². The number of carbonyl (C=O) groups excluding carboxylic acids is 1. The van der Waals surface area contributed by atoms with Crippen LogP contribution in [0.15, 0.2) is 18.2 Å². The van der Waals surface area contributed by atoms with E-state index < -0.39 is 0 Å². The van der Waals surface area contributed by atoms with E-state index in [9.17, 15) is 4.79 Å². The number of anilines is 1. The molecule has 0 saturated carbocycles. The number of unbranched alkanes of at least 4 members (excludes halogenated alkanes) is 2. The van der Waals surface area contributed by atoms with Crippen LogP contribution in [0, 0.1) is 0 Å². The van der Waals surface area contributed by atoms with Crippen LogP contribution >= 0.6 is 23.2 Å². The molecule has 19 heavy (non-hydrogen) atoms. The third kappa shape index (κ3) is 6.25. The van der Waals surface area contributed by atoms with Crippen LogP contribution in [0.4, 0.5) is 5.69 Å². The average molecular weight is 305 g/mol. The smallest absolute Gasteiger partial charge is 0.238 e. The molecule has 1 aromatic carbocycles. The minimum atomic E-state index is -0.183. The van der Waals surface area contributed by atoms with E-state index in [0.717, 1.165) is 25.8 Å². The van der Waals surface area contributed by atoms with E-state index in [4.69, 9.17) is 28.3 Å². The molecule has 0 aliphatic heterocycles. The SMILES string of the molecule is O=C(CNCCCCCO)Nc1c(Cl)cccc1Cl. The molecule has 0 atom stereocenters. The van der Waals surface area contributed by atoms with Crippen LogP contribution in [-0.4, -0.2) is 30.7 Å². The van der Waals surface area contributed by atoms with Crippen molar-refractivity contribution in [1.82, 2.24) is 5.32 Å². The highest BCUT2D eigenvalue weighted by Gasteiger charge is 2.08. The van der Waals surface area contributed by atoms with Gasteiger partial charge in [-0.15, -0.1) is 0 Å². The molecule has 1 aromatic rings. The van der Waals surface area contributed by atoms with Crippen molar-refractivity contribution in [2.75, 3.05) is 25.0 Å². The number of carbonyl (C=O) groups is 1. The molecule has 0 heterocycles. The maximum Gasteiger partial charge on any atom is 0.238 e. The summed E-state index contributed by atoms with van der Waals surface area (Å²) >= 11 is 11.9. The van der Waals surface area contributed by atoms with Gasteiger partial charge in [-0.1, -0.05) is 29.3 Å². The highest BCUT2D eigenvalue weighted by molar-refractivity contribution is 6.39. The Kier molecular flexibility index (Phi) is 7.82. The molecule has 0 saturated heterocycles. The standard InChI is InChI=1S/C13H18Cl2N2O2/c14-10-5-4-6-11(15)13(10)17-12(19)9-16-7-2-1-3-8-18/h4-6,16,18H,1-3,7-9H2,(H,17,19). The average Bonchev–Trinajstić information content (AvgIpc) is 2.38. The fraction of sp³-hybridized carbons (Fsp3) is 0.462. The van der Waals surface area contributed by atoms with Gasteiger partial charge in [-0.2, -0.15) is 0 Å². The normalized spacial score (nSPS) is 10.5. The number of amides is 1. The molecular formula is C13H18Cl2N2O2. The van der Waals surface area contributed by atoms with Crippen molar-refractivity contribution in [3.05, 3.63) is 28.2 Å². The lowest BCUT2D eigenvalue weighted by Gasteiger charge is -2.09. The lowest BCUT2D eigenvalue weighted by Crippen LogP contribution is -2.29. The zero-order valence-corrected chi connectivity index (χ0v) is 12.1. The minimum Gasteiger partial charge on any atom is -0.396 e. The molecule has 0 bridgehead atoms. The number of halogens is 2. The fourth-order valence-corrected chi connectivity index (χ4v) is 2.03. The molecule has 3 N–H and O–H groups in total. The van der Waals surface area contributed by atoms with Crippen LogP contribution in [0.25, 0.3) is 0 Å². The Morgan fingerprint density at radius 3 is 2.47 bits per heavy atom. The van der Waals surface area contributed by atoms with E-state index in [1.165, 1.54) is 0 Å². The number of para-hydroxylation sites is 1. The van der Waals surface area contributed by atoms with E-state index in [0.29, 0.717) is 15.7 Å². The number of benzene rings is 1. The summed E-state index contributed by atoms with van der Waals surface area (Å²) in [5, 5.41) is 15.2. The highest BCUT2D eigenvalue weighted by Crippen LogP contribution is 2.29. The topological polar surface area (TPSA) is 61.4 Å². The number of hydrogen-bond donors (Lipinski definition) is 3. The molecular weight excluding hydrogens is 287 g/mol. The van der Waals surface area contributed by atoms with E-state index >= 15 is 0 Å². The van der Waals surface area contributed by atoms with Crippen LogP contribution in [0.3, 0.4) is 0 Å². The van der Waals surface area contributed by atoms with Gasteiger partial charge in [0.2, 0.25) is 5.91 Å². The molecule has 1 amide bonds. The molecule has 1 rings (SSSR count). The Labute approximate surface area is 123 Å². The first kappa shape index (κ1) is 16.2. The molecule has 106 valence electrons. The van der Waals surface area contributed by atoms with E-state index in [2.05, 4.69) is 10.6 Å². The summed E-state index contributed by atoms with van der Waals surface area (Å²) in [4.78, 5) is 11.7. The lowest BCUT2D eigenvalue weighted by molar-refractivity contribution is -0.115. The number of aliphatic hydroxyl groups excluding tert-OH is 1. The Hall–Kier alpha value is -0.810. The Morgan fingerprint density at radius 2 is 1.84 bits per heavy atom. The van der Waals surface area contributed by atoms with Crippen LogP contribution in [-0.2, 0) is 4.79 Å². The first-order chi connectivity index (χ1) is 9.15. The van der Waals surface area contributed by atoms with Crippen molar-refractivity contribution in [2.45, 2.75) is 19.3 Å². The Balaban J connectivity index is 2.28. The second kappa shape index (κ2) is 9.15. The molecule has 0 unspecified atom stereocenters. The van der Waals surface area contributed by atoms with Crippen molar-refractivity contribution < 1.29 is 9.90 Å². The first-order valence-electron chi connectivity index (χ1n) is 6.20. The summed E-state index contributed by atoms with van der Waals surface area (Å²) in [6.45, 7) is 1.16. The van der Waals surface area contributed by atoms with E-state index in [1.807, 2.05) is 0 Å². The van der Waals surface area contributed by atoms with Gasteiger partial charge in [0.15, 0.2) is 0 Å². The summed E-state index contributed by atoms with van der Waals surface area (Å²) < 4.78 is 0. The molecule has 0 fully saturated rings. The summed E-state index contributed by atoms with van der Waals surface area (Å²) in [5.74, 6) is -0.183. The Morgan fingerprint density at radius 1 is 1.16 bits per heavy atom. The molecule has 0 radical (unpaired) electrons. The molecule has 0 spiro atoms. The summed E-state index contributed by atoms with van der Waals surface area (Å²) in [6.07, 6.45) is 2.67. The largest absolute Gasteiger partial charge is 0.396 e. The van der Waals surface area contributed by atoms with Gasteiger partial charge in [-0.25, -0.2) is 0 Å². The van der Waals surface area contributed by atoms with Gasteiger partial charge < -0.3 is 15.7 Å². The number of nitrogens with one attached hydrogen (secondary N) is 2. The van der Waals surface area contributed by atoms with Crippen LogP contribution in [0.2, 0.25) is 10.0 Å². The predicted octanol–water partition coefficient (Wildman–Crippen LogP) is 2.68. The molecule has 4 nitrogen and oxygen atoms in total. The van der Waals surface area contributed by atoms with Crippen molar-refractivity contribution in [2.24, 2.45) is 0 Å². The van der Waals surface area contributed by atoms with Gasteiger partial charge in [0.05, 0.1) is 22.3 Å². The van der Waals surface area contributed by atoms with Crippen LogP contribution in [0.5, 0.6) is 0 Å². The number of hydrogen-bond acceptors (Lipinski definition) is 3. The third-order valence-electron chi connectivity index (χ3n) is 2.52. The Bertz CT molecular complexity index is 393. The van der Waals surface area contributed by atoms with Gasteiger partial charge >= 0.3 is 0 Å². The zero-order valence-electron chi connectivity index (χ0n) is 10.6. The third-order valence-corrected chi connectivity index (χ3v) is 3.15. The minimum absolute atomic E-state index is 0.183. The molecule has 0 aromatic heterocycles. The van der Waals surface area contributed by atoms with Crippen molar-refractivity contribution in [3.8, 4) is 0 Å². The van der Waals surface area contributed by atoms with Gasteiger partial charge in [0.1, 0.15) is 0 Å².